The van der Waals surface area contributed by atoms with Gasteiger partial charge in [-0.05, 0) is 31.2 Å². The monoisotopic (exact) mass is 303 g/mol. The lowest BCUT2D eigenvalue weighted by Gasteiger charge is -2.13. The third kappa shape index (κ3) is 3.40. The predicted octanol–water partition coefficient (Wildman–Crippen LogP) is 2.59. The number of hydrogen-bond donors (Lipinski definition) is 1. The maximum absolute atomic E-state index is 11.3. The lowest BCUT2D eigenvalue weighted by Crippen LogP contribution is -2.14. The fraction of sp³-hybridized carbons (Fsp3) is 0.286. The molecule has 0 saturated heterocycles. The number of nitrogens with one attached hydrogen (secondary N) is 1. The zero-order valence-corrected chi connectivity index (χ0v) is 12.6. The Morgan fingerprint density at radius 1 is 1.27 bits per heavy atom. The van der Waals surface area contributed by atoms with Crippen molar-refractivity contribution in [2.75, 3.05) is 30.9 Å². The van der Waals surface area contributed by atoms with Gasteiger partial charge in [0.25, 0.3) is 0 Å². The molecule has 0 aliphatic rings. The zero-order chi connectivity index (χ0) is 16.1. The van der Waals surface area contributed by atoms with E-state index in [9.17, 15) is 10.1 Å². The maximum atomic E-state index is 11.3. The first kappa shape index (κ1) is 15.5. The minimum atomic E-state index is -0.494. The number of nitro groups is 1. The molecule has 0 saturated carbocycles. The molecule has 1 N–H and O–H groups in total. The molecule has 116 valence electrons. The van der Waals surface area contributed by atoms with Crippen LogP contribution in [-0.4, -0.2) is 35.6 Å². The summed E-state index contributed by atoms with van der Waals surface area (Å²) in [6.45, 7) is 2.48. The number of rotatable bonds is 6. The molecule has 0 unspecified atom stereocenters. The van der Waals surface area contributed by atoms with Crippen molar-refractivity contribution in [3.05, 3.63) is 40.7 Å². The van der Waals surface area contributed by atoms with Crippen molar-refractivity contribution >= 4 is 23.0 Å². The fourth-order valence-corrected chi connectivity index (χ4v) is 1.89. The van der Waals surface area contributed by atoms with Gasteiger partial charge in [0.15, 0.2) is 0 Å². The van der Waals surface area contributed by atoms with Crippen LogP contribution >= 0.6 is 0 Å². The Morgan fingerprint density at radius 3 is 2.50 bits per heavy atom. The summed E-state index contributed by atoms with van der Waals surface area (Å²) in [6.07, 6.45) is 1.29. The van der Waals surface area contributed by atoms with Crippen LogP contribution in [0.15, 0.2) is 30.6 Å². The Hall–Kier alpha value is -2.90. The summed E-state index contributed by atoms with van der Waals surface area (Å²) in [5.41, 5.74) is 0.511. The van der Waals surface area contributed by atoms with E-state index in [1.807, 2.05) is 6.92 Å². The van der Waals surface area contributed by atoms with Crippen LogP contribution in [0.4, 0.5) is 23.0 Å². The second-order valence-electron chi connectivity index (χ2n) is 4.63. The Balaban J connectivity index is 2.32. The van der Waals surface area contributed by atoms with E-state index in [1.54, 1.807) is 43.3 Å². The number of hydrogen-bond acceptors (Lipinski definition) is 7. The van der Waals surface area contributed by atoms with Crippen LogP contribution in [0.1, 0.15) is 6.92 Å². The molecule has 1 heterocycles. The van der Waals surface area contributed by atoms with E-state index in [2.05, 4.69) is 15.3 Å². The number of nitrogens with zero attached hydrogens (tertiary/aromatic N) is 4. The van der Waals surface area contributed by atoms with Crippen molar-refractivity contribution in [3.8, 4) is 5.75 Å². The molecule has 2 rings (SSSR count). The van der Waals surface area contributed by atoms with Gasteiger partial charge >= 0.3 is 5.69 Å². The van der Waals surface area contributed by atoms with Gasteiger partial charge in [0.1, 0.15) is 12.1 Å². The standard InChI is InChI=1S/C14H17N5O3/c1-4-22-11-7-5-10(6-8-11)17-13-12(19(20)21)14(18(2)3)16-9-15-13/h5-9H,4H2,1-3H3,(H,15,16,17). The second-order valence-corrected chi connectivity index (χ2v) is 4.63. The third-order valence-corrected chi connectivity index (χ3v) is 2.84. The Labute approximate surface area is 127 Å². The van der Waals surface area contributed by atoms with Gasteiger partial charge in [-0.15, -0.1) is 0 Å². The normalized spacial score (nSPS) is 10.1. The number of ether oxygens (including phenoxy) is 1. The molecular formula is C14H17N5O3. The van der Waals surface area contributed by atoms with Crippen molar-refractivity contribution in [2.24, 2.45) is 0 Å². The van der Waals surface area contributed by atoms with Gasteiger partial charge < -0.3 is 15.0 Å². The van der Waals surface area contributed by atoms with Crippen LogP contribution in [0.2, 0.25) is 0 Å². The van der Waals surface area contributed by atoms with Gasteiger partial charge in [-0.2, -0.15) is 0 Å². The summed E-state index contributed by atoms with van der Waals surface area (Å²) in [7, 11) is 3.38. The lowest BCUT2D eigenvalue weighted by atomic mass is 10.3. The highest BCUT2D eigenvalue weighted by Gasteiger charge is 2.24. The van der Waals surface area contributed by atoms with Crippen molar-refractivity contribution in [1.29, 1.82) is 0 Å². The van der Waals surface area contributed by atoms with E-state index >= 15 is 0 Å². The fourth-order valence-electron chi connectivity index (χ4n) is 1.89. The Bertz CT molecular complexity index is 658. The maximum Gasteiger partial charge on any atom is 0.353 e. The van der Waals surface area contributed by atoms with Crippen LogP contribution in [0.3, 0.4) is 0 Å². The summed E-state index contributed by atoms with van der Waals surface area (Å²) in [5.74, 6) is 1.13. The summed E-state index contributed by atoms with van der Waals surface area (Å²) in [6, 6.07) is 7.11. The first-order valence-electron chi connectivity index (χ1n) is 6.69. The molecule has 0 atom stereocenters. The predicted molar refractivity (Wildman–Crippen MR) is 83.9 cm³/mol. The molecule has 0 bridgehead atoms. The first-order valence-corrected chi connectivity index (χ1v) is 6.69. The molecule has 0 fully saturated rings. The smallest absolute Gasteiger partial charge is 0.353 e. The quantitative estimate of drug-likeness (QED) is 0.647. The second kappa shape index (κ2) is 6.70. The molecular weight excluding hydrogens is 286 g/mol. The van der Waals surface area contributed by atoms with Crippen LogP contribution < -0.4 is 15.0 Å². The molecule has 0 radical (unpaired) electrons. The molecule has 1 aromatic heterocycles. The van der Waals surface area contributed by atoms with Gasteiger partial charge in [-0.25, -0.2) is 9.97 Å². The molecule has 1 aromatic carbocycles. The summed E-state index contributed by atoms with van der Waals surface area (Å²) >= 11 is 0. The van der Waals surface area contributed by atoms with Gasteiger partial charge in [-0.1, -0.05) is 0 Å². The van der Waals surface area contributed by atoms with E-state index in [-0.39, 0.29) is 17.3 Å². The molecule has 0 aliphatic carbocycles. The van der Waals surface area contributed by atoms with Crippen molar-refractivity contribution in [3.63, 3.8) is 0 Å². The van der Waals surface area contributed by atoms with Gasteiger partial charge in [0, 0.05) is 19.8 Å². The summed E-state index contributed by atoms with van der Waals surface area (Å²) in [5, 5.41) is 14.3. The highest BCUT2D eigenvalue weighted by atomic mass is 16.6. The van der Waals surface area contributed by atoms with E-state index in [0.717, 1.165) is 5.75 Å². The van der Waals surface area contributed by atoms with E-state index in [0.29, 0.717) is 12.3 Å². The summed E-state index contributed by atoms with van der Waals surface area (Å²) < 4.78 is 5.36. The SMILES string of the molecule is CCOc1ccc(Nc2ncnc(N(C)C)c2[N+](=O)[O-])cc1. The van der Waals surface area contributed by atoms with Crippen molar-refractivity contribution < 1.29 is 9.66 Å². The summed E-state index contributed by atoms with van der Waals surface area (Å²) in [4.78, 5) is 20.3. The minimum Gasteiger partial charge on any atom is -0.494 e. The molecule has 0 aliphatic heterocycles. The number of aromatic nitrogens is 2. The Kier molecular flexibility index (Phi) is 4.72. The molecule has 8 nitrogen and oxygen atoms in total. The molecule has 0 amide bonds. The minimum absolute atomic E-state index is 0.146. The molecule has 22 heavy (non-hydrogen) atoms. The molecule has 2 aromatic rings. The van der Waals surface area contributed by atoms with E-state index < -0.39 is 4.92 Å². The van der Waals surface area contributed by atoms with Crippen LogP contribution in [0.25, 0.3) is 0 Å². The molecule has 8 heteroatoms. The van der Waals surface area contributed by atoms with E-state index in [4.69, 9.17) is 4.74 Å². The Morgan fingerprint density at radius 2 is 1.95 bits per heavy atom. The average Bonchev–Trinajstić information content (AvgIpc) is 2.49. The van der Waals surface area contributed by atoms with Crippen molar-refractivity contribution in [2.45, 2.75) is 6.92 Å². The molecule has 0 spiro atoms. The topological polar surface area (TPSA) is 93.4 Å². The highest BCUT2D eigenvalue weighted by Crippen LogP contribution is 2.32. The van der Waals surface area contributed by atoms with Crippen LogP contribution in [0.5, 0.6) is 5.75 Å². The largest absolute Gasteiger partial charge is 0.494 e. The number of anilines is 3. The van der Waals surface area contributed by atoms with Crippen LogP contribution in [-0.2, 0) is 0 Å². The van der Waals surface area contributed by atoms with E-state index in [1.165, 1.54) is 6.33 Å². The van der Waals surface area contributed by atoms with Crippen molar-refractivity contribution in [1.82, 2.24) is 9.97 Å². The number of benzene rings is 1. The van der Waals surface area contributed by atoms with Gasteiger partial charge in [0.05, 0.1) is 11.5 Å². The third-order valence-electron chi connectivity index (χ3n) is 2.84. The zero-order valence-electron chi connectivity index (χ0n) is 12.6. The van der Waals surface area contributed by atoms with Crippen LogP contribution in [0, 0.1) is 10.1 Å². The lowest BCUT2D eigenvalue weighted by molar-refractivity contribution is -0.383. The first-order chi connectivity index (χ1) is 10.5. The van der Waals surface area contributed by atoms with Gasteiger partial charge in [-0.3, -0.25) is 10.1 Å². The van der Waals surface area contributed by atoms with Gasteiger partial charge in [0.2, 0.25) is 11.6 Å². The highest BCUT2D eigenvalue weighted by molar-refractivity contribution is 5.74. The average molecular weight is 303 g/mol.